The van der Waals surface area contributed by atoms with Crippen LogP contribution in [-0.2, 0) is 0 Å². The lowest BCUT2D eigenvalue weighted by Gasteiger charge is -2.05. The first-order valence-corrected chi connectivity index (χ1v) is 2.79. The summed E-state index contributed by atoms with van der Waals surface area (Å²) in [5.41, 5.74) is 6.42. The van der Waals surface area contributed by atoms with Gasteiger partial charge in [-0.05, 0) is 6.42 Å². The quantitative estimate of drug-likeness (QED) is 0.574. The minimum atomic E-state index is 0.926. The van der Waals surface area contributed by atoms with Gasteiger partial charge in [0, 0.05) is 26.0 Å². The lowest BCUT2D eigenvalue weighted by atomic mass is 10.4. The summed E-state index contributed by atoms with van der Waals surface area (Å²) in [6.45, 7) is 2.04. The van der Waals surface area contributed by atoms with Gasteiger partial charge in [0.1, 0.15) is 0 Å². The Balaban J connectivity index is 3.56. The summed E-state index contributed by atoms with van der Waals surface area (Å²) in [4.78, 5) is 1.94. The summed E-state index contributed by atoms with van der Waals surface area (Å²) in [6, 6.07) is 0. The molecule has 0 aliphatic rings. The van der Waals surface area contributed by atoms with Crippen molar-refractivity contribution in [2.24, 2.45) is 5.73 Å². The van der Waals surface area contributed by atoms with E-state index in [2.05, 4.69) is 0 Å². The molecule has 0 aliphatic heterocycles. The van der Waals surface area contributed by atoms with Crippen LogP contribution in [0.2, 0.25) is 0 Å². The maximum absolute atomic E-state index is 5.49. The molecule has 0 rings (SSSR count). The van der Waals surface area contributed by atoms with Gasteiger partial charge in [0.15, 0.2) is 0 Å². The van der Waals surface area contributed by atoms with Crippen LogP contribution in [0, 0.1) is 0 Å². The third-order valence-electron chi connectivity index (χ3n) is 0.832. The number of rotatable bonds is 2. The number of allylic oxidation sites excluding steroid dienone is 1. The van der Waals surface area contributed by atoms with Crippen LogP contribution in [0.15, 0.2) is 11.9 Å². The van der Waals surface area contributed by atoms with E-state index in [1.807, 2.05) is 32.1 Å². The fourth-order valence-corrected chi connectivity index (χ4v) is 0.423. The molecule has 0 heterocycles. The molecule has 2 N–H and O–H groups in total. The number of nitrogens with zero attached hydrogens (tertiary/aromatic N) is 1. The van der Waals surface area contributed by atoms with E-state index in [0.717, 1.165) is 12.1 Å². The molecule has 0 unspecified atom stereocenters. The lowest BCUT2D eigenvalue weighted by Crippen LogP contribution is -2.06. The highest BCUT2D eigenvalue weighted by atomic mass is 15.0. The first kappa shape index (κ1) is 7.34. The van der Waals surface area contributed by atoms with Gasteiger partial charge < -0.3 is 10.6 Å². The van der Waals surface area contributed by atoms with Crippen molar-refractivity contribution in [3.8, 4) is 0 Å². The second-order valence-electron chi connectivity index (χ2n) is 2.02. The molecule has 2 heteroatoms. The molecule has 0 aliphatic carbocycles. The topological polar surface area (TPSA) is 29.3 Å². The second-order valence-corrected chi connectivity index (χ2v) is 2.02. The molecule has 48 valence electrons. The Morgan fingerprint density at radius 1 is 1.62 bits per heavy atom. The summed E-state index contributed by atoms with van der Waals surface area (Å²) in [7, 11) is 3.92. The number of hydrogen-bond acceptors (Lipinski definition) is 2. The van der Waals surface area contributed by atoms with Crippen molar-refractivity contribution in [3.05, 3.63) is 11.9 Å². The Hall–Kier alpha value is -0.660. The van der Waals surface area contributed by atoms with Crippen molar-refractivity contribution in [2.45, 2.75) is 13.3 Å². The van der Waals surface area contributed by atoms with Gasteiger partial charge in [-0.25, -0.2) is 0 Å². The lowest BCUT2D eigenvalue weighted by molar-refractivity contribution is 0.555. The Bertz CT molecular complexity index is 84.5. The predicted molar refractivity (Wildman–Crippen MR) is 36.2 cm³/mol. The maximum Gasteiger partial charge on any atom is 0.0239 e. The van der Waals surface area contributed by atoms with Gasteiger partial charge in [-0.2, -0.15) is 0 Å². The molecule has 0 radical (unpaired) electrons. The van der Waals surface area contributed by atoms with Crippen LogP contribution in [0.4, 0.5) is 0 Å². The molecule has 0 aromatic heterocycles. The van der Waals surface area contributed by atoms with E-state index in [9.17, 15) is 0 Å². The largest absolute Gasteiger partial charge is 0.401 e. The Kier molecular flexibility index (Phi) is 3.08. The zero-order valence-electron chi connectivity index (χ0n) is 5.81. The van der Waals surface area contributed by atoms with E-state index >= 15 is 0 Å². The first-order chi connectivity index (χ1) is 3.66. The van der Waals surface area contributed by atoms with Crippen molar-refractivity contribution in [1.29, 1.82) is 0 Å². The normalized spacial score (nSPS) is 11.6. The van der Waals surface area contributed by atoms with Crippen LogP contribution in [0.1, 0.15) is 13.3 Å². The molecule has 0 bridgehead atoms. The highest BCUT2D eigenvalue weighted by molar-refractivity contribution is 4.92. The van der Waals surface area contributed by atoms with E-state index in [0.29, 0.717) is 0 Å². The average Bonchev–Trinajstić information content (AvgIpc) is 1.65. The Morgan fingerprint density at radius 3 is 2.25 bits per heavy atom. The first-order valence-electron chi connectivity index (χ1n) is 2.79. The van der Waals surface area contributed by atoms with Crippen LogP contribution in [-0.4, -0.2) is 19.0 Å². The highest BCUT2D eigenvalue weighted by Crippen LogP contribution is 1.89. The Labute approximate surface area is 51.0 Å². The highest BCUT2D eigenvalue weighted by Gasteiger charge is 1.82. The van der Waals surface area contributed by atoms with Crippen molar-refractivity contribution in [2.75, 3.05) is 14.1 Å². The van der Waals surface area contributed by atoms with Gasteiger partial charge in [0.05, 0.1) is 0 Å². The SMILES string of the molecule is CC/C(N)=C\N(C)C. The van der Waals surface area contributed by atoms with Crippen LogP contribution in [0.3, 0.4) is 0 Å². The van der Waals surface area contributed by atoms with Gasteiger partial charge >= 0.3 is 0 Å². The van der Waals surface area contributed by atoms with Crippen LogP contribution >= 0.6 is 0 Å². The van der Waals surface area contributed by atoms with Crippen LogP contribution in [0.5, 0.6) is 0 Å². The molecule has 0 saturated heterocycles. The van der Waals surface area contributed by atoms with Gasteiger partial charge in [-0.15, -0.1) is 0 Å². The summed E-state index contributed by atoms with van der Waals surface area (Å²) >= 11 is 0. The average molecular weight is 114 g/mol. The van der Waals surface area contributed by atoms with Crippen molar-refractivity contribution >= 4 is 0 Å². The summed E-state index contributed by atoms with van der Waals surface area (Å²) in [5, 5.41) is 0. The van der Waals surface area contributed by atoms with Gasteiger partial charge in [0.25, 0.3) is 0 Å². The predicted octanol–water partition coefficient (Wildman–Crippen LogP) is 0.758. The van der Waals surface area contributed by atoms with E-state index < -0.39 is 0 Å². The van der Waals surface area contributed by atoms with Gasteiger partial charge in [-0.3, -0.25) is 0 Å². The van der Waals surface area contributed by atoms with Crippen molar-refractivity contribution in [3.63, 3.8) is 0 Å². The third kappa shape index (κ3) is 3.53. The maximum atomic E-state index is 5.49. The minimum Gasteiger partial charge on any atom is -0.401 e. The molecule has 0 atom stereocenters. The summed E-state index contributed by atoms with van der Waals surface area (Å²) in [5.74, 6) is 0. The Morgan fingerprint density at radius 2 is 2.12 bits per heavy atom. The zero-order valence-corrected chi connectivity index (χ0v) is 5.81. The summed E-state index contributed by atoms with van der Waals surface area (Å²) < 4.78 is 0. The molecule has 0 amide bonds. The van der Waals surface area contributed by atoms with E-state index in [1.54, 1.807) is 0 Å². The smallest absolute Gasteiger partial charge is 0.0239 e. The molecule has 0 saturated carbocycles. The van der Waals surface area contributed by atoms with Gasteiger partial charge in [0.2, 0.25) is 0 Å². The minimum absolute atomic E-state index is 0.926. The fourth-order valence-electron chi connectivity index (χ4n) is 0.423. The standard InChI is InChI=1S/C6H14N2/c1-4-6(7)5-8(2)3/h5H,4,7H2,1-3H3/b6-5+. The molecule has 0 fully saturated rings. The van der Waals surface area contributed by atoms with Crippen LogP contribution < -0.4 is 5.73 Å². The van der Waals surface area contributed by atoms with Crippen molar-refractivity contribution < 1.29 is 0 Å². The molecular formula is C6H14N2. The van der Waals surface area contributed by atoms with Crippen LogP contribution in [0.25, 0.3) is 0 Å². The van der Waals surface area contributed by atoms with E-state index in [1.165, 1.54) is 0 Å². The monoisotopic (exact) mass is 114 g/mol. The third-order valence-corrected chi connectivity index (χ3v) is 0.832. The van der Waals surface area contributed by atoms with E-state index in [4.69, 9.17) is 5.73 Å². The summed E-state index contributed by atoms with van der Waals surface area (Å²) in [6.07, 6.45) is 2.85. The van der Waals surface area contributed by atoms with E-state index in [-0.39, 0.29) is 0 Å². The molecule has 0 aromatic rings. The zero-order chi connectivity index (χ0) is 6.57. The number of hydrogen-bond donors (Lipinski definition) is 1. The second kappa shape index (κ2) is 3.36. The molecular weight excluding hydrogens is 100 g/mol. The van der Waals surface area contributed by atoms with Gasteiger partial charge in [-0.1, -0.05) is 6.92 Å². The fraction of sp³-hybridized carbons (Fsp3) is 0.667. The molecule has 0 aromatic carbocycles. The molecule has 2 nitrogen and oxygen atoms in total. The molecule has 0 spiro atoms. The van der Waals surface area contributed by atoms with Crippen molar-refractivity contribution in [1.82, 2.24) is 4.90 Å². The number of nitrogens with two attached hydrogens (primary N) is 1. The molecule has 8 heavy (non-hydrogen) atoms.